The number of benzene rings is 2. The molecular weight excluding hydrogens is 571 g/mol. The summed E-state index contributed by atoms with van der Waals surface area (Å²) in [4.78, 5) is 32.6. The second kappa shape index (κ2) is 11.9. The largest absolute Gasteiger partial charge is 0.496 e. The van der Waals surface area contributed by atoms with Crippen LogP contribution in [0.5, 0.6) is 5.75 Å². The number of fused-ring (bicyclic) bond motifs is 1. The quantitative estimate of drug-likeness (QED) is 0.228. The lowest BCUT2D eigenvalue weighted by Gasteiger charge is -2.26. The highest BCUT2D eigenvalue weighted by Gasteiger charge is 2.35. The number of para-hydroxylation sites is 1. The average molecular weight is 598 g/mol. The number of carbonyl (C=O) groups excluding carboxylic acids is 1. The zero-order valence-corrected chi connectivity index (χ0v) is 24.4. The summed E-state index contributed by atoms with van der Waals surface area (Å²) >= 11 is 13.6. The Balaban J connectivity index is 1.69. The first-order chi connectivity index (χ1) is 19.4. The molecule has 206 valence electrons. The van der Waals surface area contributed by atoms with Crippen molar-refractivity contribution in [2.75, 3.05) is 13.7 Å². The molecule has 10 heteroatoms. The Morgan fingerprint density at radius 1 is 1.15 bits per heavy atom. The summed E-state index contributed by atoms with van der Waals surface area (Å²) in [6, 6.07) is 15.3. The minimum atomic E-state index is -0.768. The standard InChI is InChI=1S/C30H26Cl2N2O5S/c1-4-8-22-26(29(36)38-5-2)27(20-9-6-7-10-23(20)37-3)34-28(35)25(40-30(34)33-22)16-18-12-14-24(39-18)19-13-11-17(31)15-21(19)32/h6-7,9-16,27H,4-5,8H2,1-3H3/b25-16-. The SMILES string of the molecule is CCCC1=C(C(=O)OCC)C(c2ccccc2OC)n2c(s/c(=C\c3ccc(-c4ccc(Cl)cc4Cl)o3)c2=O)=N1. The van der Waals surface area contributed by atoms with Crippen molar-refractivity contribution in [3.05, 3.63) is 107 Å². The minimum Gasteiger partial charge on any atom is -0.496 e. The lowest BCUT2D eigenvalue weighted by molar-refractivity contribution is -0.139. The van der Waals surface area contributed by atoms with E-state index in [9.17, 15) is 9.59 Å². The van der Waals surface area contributed by atoms with E-state index in [-0.39, 0.29) is 12.2 Å². The van der Waals surface area contributed by atoms with Gasteiger partial charge in [0.05, 0.1) is 34.5 Å². The molecule has 1 aliphatic heterocycles. The highest BCUT2D eigenvalue weighted by atomic mass is 35.5. The third-order valence-corrected chi connectivity index (χ3v) is 7.95. The summed E-state index contributed by atoms with van der Waals surface area (Å²) in [5.74, 6) is 1.06. The van der Waals surface area contributed by atoms with Crippen molar-refractivity contribution in [2.45, 2.75) is 32.7 Å². The summed E-state index contributed by atoms with van der Waals surface area (Å²) in [5.41, 5.74) is 1.99. The molecule has 0 aliphatic carbocycles. The lowest BCUT2D eigenvalue weighted by atomic mass is 9.93. The van der Waals surface area contributed by atoms with Gasteiger partial charge in [-0.15, -0.1) is 0 Å². The second-order valence-electron chi connectivity index (χ2n) is 8.98. The average Bonchev–Trinajstić information content (AvgIpc) is 3.52. The van der Waals surface area contributed by atoms with Crippen LogP contribution in [-0.2, 0) is 9.53 Å². The topological polar surface area (TPSA) is 83.0 Å². The number of nitrogens with zero attached hydrogens (tertiary/aromatic N) is 2. The number of allylic oxidation sites excluding steroid dienone is 1. The van der Waals surface area contributed by atoms with Crippen molar-refractivity contribution in [2.24, 2.45) is 4.99 Å². The fourth-order valence-electron chi connectivity index (χ4n) is 4.70. The van der Waals surface area contributed by atoms with Crippen LogP contribution < -0.4 is 19.6 Å². The van der Waals surface area contributed by atoms with Crippen LogP contribution in [0.1, 0.15) is 44.1 Å². The summed E-state index contributed by atoms with van der Waals surface area (Å²) in [6.45, 7) is 3.96. The van der Waals surface area contributed by atoms with E-state index in [1.807, 2.05) is 25.1 Å². The van der Waals surface area contributed by atoms with Crippen LogP contribution >= 0.6 is 34.5 Å². The zero-order valence-electron chi connectivity index (χ0n) is 22.1. The summed E-state index contributed by atoms with van der Waals surface area (Å²) in [6.07, 6.45) is 2.98. The Hall–Kier alpha value is -3.59. The number of hydrogen-bond acceptors (Lipinski definition) is 7. The highest BCUT2D eigenvalue weighted by molar-refractivity contribution is 7.07. The van der Waals surface area contributed by atoms with Gasteiger partial charge < -0.3 is 13.9 Å². The van der Waals surface area contributed by atoms with E-state index in [1.165, 1.54) is 11.3 Å². The molecule has 1 atom stereocenters. The zero-order chi connectivity index (χ0) is 28.4. The number of furan rings is 1. The molecule has 5 rings (SSSR count). The van der Waals surface area contributed by atoms with Crippen molar-refractivity contribution in [1.82, 2.24) is 4.57 Å². The van der Waals surface area contributed by atoms with E-state index in [0.29, 0.717) is 65.5 Å². The first kappa shape index (κ1) is 28.0. The van der Waals surface area contributed by atoms with E-state index in [4.69, 9.17) is 42.1 Å². The Kier molecular flexibility index (Phi) is 8.30. The molecule has 0 saturated carbocycles. The van der Waals surface area contributed by atoms with Gasteiger partial charge in [-0.25, -0.2) is 9.79 Å². The molecule has 1 unspecified atom stereocenters. The van der Waals surface area contributed by atoms with Crippen LogP contribution in [0.4, 0.5) is 0 Å². The van der Waals surface area contributed by atoms with E-state index in [2.05, 4.69) is 0 Å². The van der Waals surface area contributed by atoms with Crippen LogP contribution in [0.15, 0.2) is 80.1 Å². The number of methoxy groups -OCH3 is 1. The van der Waals surface area contributed by atoms with Crippen LogP contribution in [0.25, 0.3) is 17.4 Å². The molecule has 40 heavy (non-hydrogen) atoms. The number of esters is 1. The first-order valence-corrected chi connectivity index (χ1v) is 14.3. The van der Waals surface area contributed by atoms with Crippen LogP contribution in [0.2, 0.25) is 10.0 Å². The van der Waals surface area contributed by atoms with Crippen molar-refractivity contribution < 1.29 is 18.7 Å². The van der Waals surface area contributed by atoms with Gasteiger partial charge in [0.1, 0.15) is 23.3 Å². The third-order valence-electron chi connectivity index (χ3n) is 6.42. The van der Waals surface area contributed by atoms with Gasteiger partial charge in [0, 0.05) is 22.2 Å². The van der Waals surface area contributed by atoms with E-state index < -0.39 is 12.0 Å². The summed E-state index contributed by atoms with van der Waals surface area (Å²) in [5, 5.41) is 0.982. The molecule has 2 aromatic heterocycles. The molecule has 4 aromatic rings. The van der Waals surface area contributed by atoms with Gasteiger partial charge in [0.2, 0.25) is 0 Å². The number of carbonyl (C=O) groups is 1. The predicted molar refractivity (Wildman–Crippen MR) is 157 cm³/mol. The molecule has 0 saturated heterocycles. The van der Waals surface area contributed by atoms with Crippen molar-refractivity contribution in [3.63, 3.8) is 0 Å². The molecule has 0 fully saturated rings. The Morgan fingerprint density at radius 3 is 2.67 bits per heavy atom. The molecule has 2 aromatic carbocycles. The van der Waals surface area contributed by atoms with Gasteiger partial charge in [-0.05, 0) is 49.7 Å². The molecule has 3 heterocycles. The number of halogens is 2. The van der Waals surface area contributed by atoms with Crippen LogP contribution in [0.3, 0.4) is 0 Å². The van der Waals surface area contributed by atoms with Crippen molar-refractivity contribution in [1.29, 1.82) is 0 Å². The van der Waals surface area contributed by atoms with Crippen molar-refractivity contribution in [3.8, 4) is 17.1 Å². The van der Waals surface area contributed by atoms with E-state index in [0.717, 1.165) is 6.42 Å². The minimum absolute atomic E-state index is 0.198. The van der Waals surface area contributed by atoms with E-state index in [1.54, 1.807) is 61.1 Å². The first-order valence-electron chi connectivity index (χ1n) is 12.8. The molecule has 0 radical (unpaired) electrons. The van der Waals surface area contributed by atoms with E-state index >= 15 is 0 Å². The lowest BCUT2D eigenvalue weighted by Crippen LogP contribution is -2.40. The molecule has 0 amide bonds. The van der Waals surface area contributed by atoms with Crippen LogP contribution in [0, 0.1) is 0 Å². The van der Waals surface area contributed by atoms with Gasteiger partial charge in [-0.2, -0.15) is 0 Å². The van der Waals surface area contributed by atoms with Crippen molar-refractivity contribution >= 4 is 46.6 Å². The normalized spacial score (nSPS) is 15.1. The van der Waals surface area contributed by atoms with Gasteiger partial charge in [0.25, 0.3) is 5.56 Å². The number of hydrogen-bond donors (Lipinski definition) is 0. The smallest absolute Gasteiger partial charge is 0.338 e. The fraction of sp³-hybridized carbons (Fsp3) is 0.233. The predicted octanol–water partition coefficient (Wildman–Crippen LogP) is 6.15. The Bertz CT molecular complexity index is 1800. The summed E-state index contributed by atoms with van der Waals surface area (Å²) < 4.78 is 19.1. The third kappa shape index (κ3) is 5.27. The molecule has 1 aliphatic rings. The summed E-state index contributed by atoms with van der Waals surface area (Å²) in [7, 11) is 1.56. The molecular formula is C30H26Cl2N2O5S. The Labute approximate surface area is 244 Å². The fourth-order valence-corrected chi connectivity index (χ4v) is 6.20. The number of aromatic nitrogens is 1. The maximum absolute atomic E-state index is 13.9. The van der Waals surface area contributed by atoms with Gasteiger partial charge in [-0.3, -0.25) is 9.36 Å². The van der Waals surface area contributed by atoms with Gasteiger partial charge in [0.15, 0.2) is 4.80 Å². The number of rotatable bonds is 8. The maximum atomic E-state index is 13.9. The molecule has 0 spiro atoms. The van der Waals surface area contributed by atoms with Gasteiger partial charge in [-0.1, -0.05) is 66.1 Å². The molecule has 0 N–H and O–H groups in total. The number of ether oxygens (including phenoxy) is 2. The molecule has 7 nitrogen and oxygen atoms in total. The maximum Gasteiger partial charge on any atom is 0.338 e. The Morgan fingerprint density at radius 2 is 1.95 bits per heavy atom. The highest BCUT2D eigenvalue weighted by Crippen LogP contribution is 2.37. The van der Waals surface area contributed by atoms with Crippen LogP contribution in [-0.4, -0.2) is 24.3 Å². The second-order valence-corrected chi connectivity index (χ2v) is 10.8. The number of thiazole rings is 1. The molecule has 0 bridgehead atoms. The van der Waals surface area contributed by atoms with Gasteiger partial charge >= 0.3 is 5.97 Å². The monoisotopic (exact) mass is 596 g/mol.